The van der Waals surface area contributed by atoms with Crippen molar-refractivity contribution in [2.45, 2.75) is 12.8 Å². The molecule has 0 bridgehead atoms. The molecule has 1 heterocycles. The number of hydrogen-bond acceptors (Lipinski definition) is 3. The fourth-order valence-corrected chi connectivity index (χ4v) is 2.59. The van der Waals surface area contributed by atoms with E-state index in [1.807, 2.05) is 30.3 Å². The number of ketones is 1. The van der Waals surface area contributed by atoms with Crippen molar-refractivity contribution in [2.24, 2.45) is 5.92 Å². The highest BCUT2D eigenvalue weighted by atomic mass is 16.5. The quantitative estimate of drug-likeness (QED) is 0.690. The average molecular weight is 228 g/mol. The van der Waals surface area contributed by atoms with Crippen LogP contribution in [0.2, 0.25) is 0 Å². The first-order valence-corrected chi connectivity index (χ1v) is 5.77. The van der Waals surface area contributed by atoms with E-state index in [1.165, 1.54) is 0 Å². The van der Waals surface area contributed by atoms with Crippen LogP contribution in [0.1, 0.15) is 18.4 Å². The predicted molar refractivity (Wildman–Crippen MR) is 62.1 cm³/mol. The number of allylic oxidation sites excluding steroid dienone is 1. The molecule has 0 aromatic heterocycles. The maximum absolute atomic E-state index is 12.0. The van der Waals surface area contributed by atoms with E-state index in [0.717, 1.165) is 12.0 Å². The summed E-state index contributed by atoms with van der Waals surface area (Å²) in [5.41, 5.74) is 1.99. The standard InChI is InChI=1S/C14H12O3/c15-11-8-10-6-7-17-14(16)13(10)12(11)9-4-2-1-3-5-9/h1-5,10H,6-8H2. The van der Waals surface area contributed by atoms with E-state index in [4.69, 9.17) is 4.74 Å². The Morgan fingerprint density at radius 2 is 1.88 bits per heavy atom. The largest absolute Gasteiger partial charge is 0.462 e. The molecule has 0 radical (unpaired) electrons. The summed E-state index contributed by atoms with van der Waals surface area (Å²) in [4.78, 5) is 23.8. The molecule has 3 rings (SSSR count). The second-order valence-electron chi connectivity index (χ2n) is 4.40. The summed E-state index contributed by atoms with van der Waals surface area (Å²) < 4.78 is 5.04. The number of carbonyl (C=O) groups is 2. The van der Waals surface area contributed by atoms with E-state index in [2.05, 4.69) is 0 Å². The van der Waals surface area contributed by atoms with Gasteiger partial charge in [-0.15, -0.1) is 0 Å². The molecule has 17 heavy (non-hydrogen) atoms. The average Bonchev–Trinajstić information content (AvgIpc) is 2.68. The molecule has 1 fully saturated rings. The highest BCUT2D eigenvalue weighted by Crippen LogP contribution is 2.39. The lowest BCUT2D eigenvalue weighted by atomic mass is 9.94. The molecule has 0 spiro atoms. The highest BCUT2D eigenvalue weighted by molar-refractivity contribution is 6.29. The number of ether oxygens (including phenoxy) is 1. The van der Waals surface area contributed by atoms with E-state index in [1.54, 1.807) is 0 Å². The van der Waals surface area contributed by atoms with Gasteiger partial charge in [-0.3, -0.25) is 4.79 Å². The first kappa shape index (κ1) is 10.3. The molecule has 1 saturated heterocycles. The Labute approximate surface area is 99.1 Å². The molecule has 0 N–H and O–H groups in total. The van der Waals surface area contributed by atoms with Gasteiger partial charge in [-0.1, -0.05) is 30.3 Å². The van der Waals surface area contributed by atoms with Crippen molar-refractivity contribution in [3.63, 3.8) is 0 Å². The molecule has 1 atom stereocenters. The van der Waals surface area contributed by atoms with E-state index in [0.29, 0.717) is 24.2 Å². The molecule has 3 heteroatoms. The zero-order valence-electron chi connectivity index (χ0n) is 9.31. The van der Waals surface area contributed by atoms with Gasteiger partial charge in [0.2, 0.25) is 0 Å². The van der Waals surface area contributed by atoms with E-state index in [-0.39, 0.29) is 17.7 Å². The zero-order chi connectivity index (χ0) is 11.8. The highest BCUT2D eigenvalue weighted by Gasteiger charge is 2.39. The monoisotopic (exact) mass is 228 g/mol. The first-order chi connectivity index (χ1) is 8.27. The SMILES string of the molecule is O=C1CC2CCOC(=O)C2=C1c1ccccc1. The summed E-state index contributed by atoms with van der Waals surface area (Å²) in [6, 6.07) is 9.37. The Morgan fingerprint density at radius 1 is 1.12 bits per heavy atom. The fourth-order valence-electron chi connectivity index (χ4n) is 2.59. The second kappa shape index (κ2) is 3.84. The number of fused-ring (bicyclic) bond motifs is 1. The summed E-state index contributed by atoms with van der Waals surface area (Å²) in [7, 11) is 0. The van der Waals surface area contributed by atoms with Gasteiger partial charge in [0.15, 0.2) is 5.78 Å². The predicted octanol–water partition coefficient (Wildman–Crippen LogP) is 1.98. The van der Waals surface area contributed by atoms with Crippen LogP contribution < -0.4 is 0 Å². The van der Waals surface area contributed by atoms with Gasteiger partial charge in [0.25, 0.3) is 0 Å². The lowest BCUT2D eigenvalue weighted by Gasteiger charge is -2.19. The van der Waals surface area contributed by atoms with Gasteiger partial charge >= 0.3 is 5.97 Å². The lowest BCUT2D eigenvalue weighted by molar-refractivity contribution is -0.142. The Morgan fingerprint density at radius 3 is 2.65 bits per heavy atom. The molecule has 86 valence electrons. The number of Topliss-reactive ketones (excluding diaryl/α,β-unsaturated/α-hetero) is 1. The van der Waals surface area contributed by atoms with E-state index in [9.17, 15) is 9.59 Å². The third-order valence-electron chi connectivity index (χ3n) is 3.37. The Hall–Kier alpha value is -1.90. The molecule has 0 saturated carbocycles. The summed E-state index contributed by atoms with van der Waals surface area (Å²) in [5.74, 6) is -0.181. The topological polar surface area (TPSA) is 43.4 Å². The lowest BCUT2D eigenvalue weighted by Crippen LogP contribution is -2.22. The minimum absolute atomic E-state index is 0.0649. The van der Waals surface area contributed by atoms with Crippen LogP contribution in [-0.4, -0.2) is 18.4 Å². The van der Waals surface area contributed by atoms with Crippen LogP contribution in [0.5, 0.6) is 0 Å². The fraction of sp³-hybridized carbons (Fsp3) is 0.286. The van der Waals surface area contributed by atoms with Gasteiger partial charge < -0.3 is 4.74 Å². The Bertz CT molecular complexity index is 514. The molecule has 1 aliphatic carbocycles. The molecule has 1 aromatic rings. The van der Waals surface area contributed by atoms with Crippen LogP contribution in [0.15, 0.2) is 35.9 Å². The van der Waals surface area contributed by atoms with Crippen molar-refractivity contribution in [3.8, 4) is 0 Å². The van der Waals surface area contributed by atoms with Crippen molar-refractivity contribution in [1.29, 1.82) is 0 Å². The first-order valence-electron chi connectivity index (χ1n) is 5.77. The van der Waals surface area contributed by atoms with Gasteiger partial charge in [-0.25, -0.2) is 4.79 Å². The Balaban J connectivity index is 2.15. The zero-order valence-corrected chi connectivity index (χ0v) is 9.31. The number of benzene rings is 1. The summed E-state index contributed by atoms with van der Waals surface area (Å²) >= 11 is 0. The van der Waals surface area contributed by atoms with Crippen LogP contribution in [0.25, 0.3) is 5.57 Å². The van der Waals surface area contributed by atoms with Gasteiger partial charge in [0.05, 0.1) is 12.2 Å². The maximum atomic E-state index is 12.0. The molecule has 1 unspecified atom stereocenters. The minimum atomic E-state index is -0.314. The van der Waals surface area contributed by atoms with Gasteiger partial charge in [-0.2, -0.15) is 0 Å². The van der Waals surface area contributed by atoms with Crippen LogP contribution >= 0.6 is 0 Å². The number of rotatable bonds is 1. The molecule has 1 aliphatic heterocycles. The minimum Gasteiger partial charge on any atom is -0.462 e. The molecule has 0 amide bonds. The molecular formula is C14H12O3. The maximum Gasteiger partial charge on any atom is 0.335 e. The van der Waals surface area contributed by atoms with Crippen LogP contribution in [-0.2, 0) is 14.3 Å². The third-order valence-corrected chi connectivity index (χ3v) is 3.37. The molecule has 3 nitrogen and oxygen atoms in total. The van der Waals surface area contributed by atoms with Crippen LogP contribution in [0, 0.1) is 5.92 Å². The van der Waals surface area contributed by atoms with E-state index < -0.39 is 0 Å². The van der Waals surface area contributed by atoms with Crippen molar-refractivity contribution in [1.82, 2.24) is 0 Å². The van der Waals surface area contributed by atoms with E-state index >= 15 is 0 Å². The number of cyclic esters (lactones) is 1. The summed E-state index contributed by atoms with van der Waals surface area (Å²) in [6.07, 6.45) is 1.22. The van der Waals surface area contributed by atoms with Crippen LogP contribution in [0.4, 0.5) is 0 Å². The van der Waals surface area contributed by atoms with Crippen molar-refractivity contribution < 1.29 is 14.3 Å². The van der Waals surface area contributed by atoms with Gasteiger partial charge in [-0.05, 0) is 12.0 Å². The third kappa shape index (κ3) is 1.58. The molecule has 1 aromatic carbocycles. The van der Waals surface area contributed by atoms with Crippen molar-refractivity contribution >= 4 is 17.3 Å². The smallest absolute Gasteiger partial charge is 0.335 e. The Kier molecular flexibility index (Phi) is 2.32. The molecular weight excluding hydrogens is 216 g/mol. The van der Waals surface area contributed by atoms with Crippen molar-refractivity contribution in [2.75, 3.05) is 6.61 Å². The normalized spacial score (nSPS) is 23.6. The second-order valence-corrected chi connectivity index (χ2v) is 4.40. The van der Waals surface area contributed by atoms with Gasteiger partial charge in [0, 0.05) is 17.9 Å². The van der Waals surface area contributed by atoms with Crippen molar-refractivity contribution in [3.05, 3.63) is 41.5 Å². The molecule has 2 aliphatic rings. The number of hydrogen-bond donors (Lipinski definition) is 0. The van der Waals surface area contributed by atoms with Crippen LogP contribution in [0.3, 0.4) is 0 Å². The summed E-state index contributed by atoms with van der Waals surface area (Å²) in [5, 5.41) is 0. The number of esters is 1. The summed E-state index contributed by atoms with van der Waals surface area (Å²) in [6.45, 7) is 0.433. The number of carbonyl (C=O) groups excluding carboxylic acids is 2. The van der Waals surface area contributed by atoms with Gasteiger partial charge in [0.1, 0.15) is 0 Å².